The Morgan fingerprint density at radius 2 is 0.789 bits per heavy atom. The maximum absolute atomic E-state index is 5.42. The molecule has 0 unspecified atom stereocenters. The molecular formula is C51H31N5S. The number of hydrogen-bond acceptors (Lipinski definition) is 6. The summed E-state index contributed by atoms with van der Waals surface area (Å²) in [5, 5.41) is 6.98. The normalized spacial score (nSPS) is 11.5. The molecule has 0 aliphatic rings. The molecule has 0 radical (unpaired) electrons. The topological polar surface area (TPSA) is 64.5 Å². The van der Waals surface area contributed by atoms with Crippen molar-refractivity contribution < 1.29 is 0 Å². The average molecular weight is 746 g/mol. The Morgan fingerprint density at radius 1 is 0.316 bits per heavy atom. The predicted octanol–water partition coefficient (Wildman–Crippen LogP) is 13.3. The third kappa shape index (κ3) is 5.91. The quantitative estimate of drug-likeness (QED) is 0.159. The predicted molar refractivity (Wildman–Crippen MR) is 236 cm³/mol. The molecule has 8 aromatic carbocycles. The van der Waals surface area contributed by atoms with Crippen molar-refractivity contribution >= 4 is 53.2 Å². The largest absolute Gasteiger partial charge is 0.227 e. The summed E-state index contributed by atoms with van der Waals surface area (Å²) in [6.07, 6.45) is 0. The van der Waals surface area contributed by atoms with Crippen molar-refractivity contribution in [2.75, 3.05) is 0 Å². The molecular weight excluding hydrogens is 715 g/mol. The number of aromatic nitrogens is 5. The van der Waals surface area contributed by atoms with Crippen LogP contribution in [0, 0.1) is 0 Å². The van der Waals surface area contributed by atoms with Gasteiger partial charge in [0.1, 0.15) is 4.83 Å². The van der Waals surface area contributed by atoms with Crippen molar-refractivity contribution in [3.63, 3.8) is 0 Å². The van der Waals surface area contributed by atoms with Gasteiger partial charge in [0.25, 0.3) is 0 Å². The van der Waals surface area contributed by atoms with Crippen LogP contribution in [-0.2, 0) is 0 Å². The number of nitrogens with zero attached hydrogens (tertiary/aromatic N) is 5. The minimum absolute atomic E-state index is 0.571. The lowest BCUT2D eigenvalue weighted by atomic mass is 9.91. The Labute approximate surface area is 332 Å². The van der Waals surface area contributed by atoms with Gasteiger partial charge in [0.2, 0.25) is 0 Å². The molecule has 0 bridgehead atoms. The van der Waals surface area contributed by atoms with Gasteiger partial charge in [-0.3, -0.25) is 0 Å². The van der Waals surface area contributed by atoms with Gasteiger partial charge in [-0.15, -0.1) is 11.3 Å². The molecule has 266 valence electrons. The number of thiophene rings is 1. The van der Waals surface area contributed by atoms with E-state index in [9.17, 15) is 0 Å². The SMILES string of the molecule is c1ccc(-c2nc(-c3ccccc3)nc(-c3cc(-c4nc(-c5ccccc5)c5c(n4)sc4ccccc45)cc(-c4cc5ccccc5c5ccccc45)c3)n2)cc1. The molecule has 0 N–H and O–H groups in total. The fourth-order valence-corrected chi connectivity index (χ4v) is 8.90. The van der Waals surface area contributed by atoms with Crippen molar-refractivity contribution in [2.45, 2.75) is 0 Å². The van der Waals surface area contributed by atoms with Crippen LogP contribution in [0.1, 0.15) is 0 Å². The Bertz CT molecular complexity index is 3230. The minimum Gasteiger partial charge on any atom is -0.227 e. The zero-order chi connectivity index (χ0) is 37.7. The highest BCUT2D eigenvalue weighted by atomic mass is 32.1. The molecule has 3 heterocycles. The van der Waals surface area contributed by atoms with Crippen LogP contribution in [0.25, 0.3) is 110 Å². The van der Waals surface area contributed by atoms with Gasteiger partial charge < -0.3 is 0 Å². The zero-order valence-corrected chi connectivity index (χ0v) is 31.4. The highest BCUT2D eigenvalue weighted by molar-refractivity contribution is 7.25. The van der Waals surface area contributed by atoms with Gasteiger partial charge in [0.05, 0.1) is 5.69 Å². The van der Waals surface area contributed by atoms with Crippen molar-refractivity contribution in [1.29, 1.82) is 0 Å². The van der Waals surface area contributed by atoms with Gasteiger partial charge >= 0.3 is 0 Å². The van der Waals surface area contributed by atoms with Gasteiger partial charge in [0.15, 0.2) is 23.3 Å². The van der Waals surface area contributed by atoms with E-state index in [2.05, 4.69) is 121 Å². The maximum Gasteiger partial charge on any atom is 0.164 e. The molecule has 5 nitrogen and oxygen atoms in total. The van der Waals surface area contributed by atoms with Gasteiger partial charge in [-0.2, -0.15) is 0 Å². The molecule has 57 heavy (non-hydrogen) atoms. The number of benzene rings is 8. The van der Waals surface area contributed by atoms with E-state index in [1.807, 2.05) is 66.7 Å². The lowest BCUT2D eigenvalue weighted by Crippen LogP contribution is -2.01. The summed E-state index contributed by atoms with van der Waals surface area (Å²) in [5.41, 5.74) is 7.64. The molecule has 11 rings (SSSR count). The van der Waals surface area contributed by atoms with Gasteiger partial charge in [-0.1, -0.05) is 158 Å². The Morgan fingerprint density at radius 3 is 1.44 bits per heavy atom. The van der Waals surface area contributed by atoms with E-state index < -0.39 is 0 Å². The Kier molecular flexibility index (Phi) is 7.93. The summed E-state index contributed by atoms with van der Waals surface area (Å²) in [6, 6.07) is 65.2. The molecule has 0 saturated heterocycles. The first-order valence-electron chi connectivity index (χ1n) is 18.9. The third-order valence-electron chi connectivity index (χ3n) is 10.5. The summed E-state index contributed by atoms with van der Waals surface area (Å²) in [5.74, 6) is 2.43. The molecule has 0 aliphatic carbocycles. The first kappa shape index (κ1) is 33.0. The van der Waals surface area contributed by atoms with E-state index in [1.54, 1.807) is 11.3 Å². The lowest BCUT2D eigenvalue weighted by molar-refractivity contribution is 1.07. The maximum atomic E-state index is 5.42. The van der Waals surface area contributed by atoms with E-state index in [1.165, 1.54) is 20.9 Å². The van der Waals surface area contributed by atoms with Crippen LogP contribution >= 0.6 is 11.3 Å². The van der Waals surface area contributed by atoms with Crippen molar-refractivity contribution in [3.05, 3.63) is 188 Å². The van der Waals surface area contributed by atoms with E-state index in [0.29, 0.717) is 23.3 Å². The van der Waals surface area contributed by atoms with Gasteiger partial charge in [-0.25, -0.2) is 24.9 Å². The highest BCUT2D eigenvalue weighted by Gasteiger charge is 2.20. The van der Waals surface area contributed by atoms with Gasteiger partial charge in [-0.05, 0) is 63.0 Å². The first-order chi connectivity index (χ1) is 28.2. The minimum atomic E-state index is 0.571. The molecule has 3 aromatic heterocycles. The van der Waals surface area contributed by atoms with Crippen LogP contribution in [0.2, 0.25) is 0 Å². The number of hydrogen-bond donors (Lipinski definition) is 0. The lowest BCUT2D eigenvalue weighted by Gasteiger charge is -2.15. The van der Waals surface area contributed by atoms with Crippen molar-refractivity contribution in [2.24, 2.45) is 0 Å². The van der Waals surface area contributed by atoms with E-state index in [0.717, 1.165) is 65.6 Å². The second-order valence-corrected chi connectivity index (χ2v) is 15.1. The molecule has 0 aliphatic heterocycles. The standard InChI is InChI=1S/C51H31N5S/c1-4-16-32(17-5-1)46-45-42-26-14-15-27-44(42)57-51(45)56-49(52-46)37-28-36(43-31-35-22-10-11-23-39(35)40-24-12-13-25-41(40)43)29-38(30-37)50-54-47(33-18-6-2-7-19-33)53-48(55-50)34-20-8-3-9-21-34/h1-31H. The van der Waals surface area contributed by atoms with Crippen LogP contribution in [0.15, 0.2) is 188 Å². The molecule has 11 aromatic rings. The second-order valence-electron chi connectivity index (χ2n) is 14.1. The second kappa shape index (κ2) is 13.7. The molecule has 0 amide bonds. The van der Waals surface area contributed by atoms with Crippen LogP contribution < -0.4 is 0 Å². The van der Waals surface area contributed by atoms with E-state index in [-0.39, 0.29) is 0 Å². The number of rotatable bonds is 6. The summed E-state index contributed by atoms with van der Waals surface area (Å²) in [6.45, 7) is 0. The Hall–Kier alpha value is -7.41. The monoisotopic (exact) mass is 745 g/mol. The molecule has 0 atom stereocenters. The third-order valence-corrected chi connectivity index (χ3v) is 11.6. The summed E-state index contributed by atoms with van der Waals surface area (Å²) < 4.78 is 1.18. The first-order valence-corrected chi connectivity index (χ1v) is 19.7. The molecule has 0 fully saturated rings. The van der Waals surface area contributed by atoms with E-state index in [4.69, 9.17) is 24.9 Å². The fraction of sp³-hybridized carbons (Fsp3) is 0. The highest BCUT2D eigenvalue weighted by Crippen LogP contribution is 2.42. The average Bonchev–Trinajstić information content (AvgIpc) is 3.68. The number of fused-ring (bicyclic) bond motifs is 6. The molecule has 6 heteroatoms. The van der Waals surface area contributed by atoms with E-state index >= 15 is 0 Å². The smallest absolute Gasteiger partial charge is 0.164 e. The molecule has 0 saturated carbocycles. The van der Waals surface area contributed by atoms with Crippen LogP contribution in [0.5, 0.6) is 0 Å². The van der Waals surface area contributed by atoms with Crippen LogP contribution in [0.3, 0.4) is 0 Å². The fourth-order valence-electron chi connectivity index (χ4n) is 7.83. The van der Waals surface area contributed by atoms with Gasteiger partial charge in [0, 0.05) is 43.3 Å². The summed E-state index contributed by atoms with van der Waals surface area (Å²) in [7, 11) is 0. The van der Waals surface area contributed by atoms with Crippen molar-refractivity contribution in [3.8, 4) is 67.9 Å². The summed E-state index contributed by atoms with van der Waals surface area (Å²) in [4.78, 5) is 27.0. The molecule has 0 spiro atoms. The van der Waals surface area contributed by atoms with Crippen molar-refractivity contribution in [1.82, 2.24) is 24.9 Å². The Balaban J connectivity index is 1.21. The van der Waals surface area contributed by atoms with Crippen LogP contribution in [0.4, 0.5) is 0 Å². The van der Waals surface area contributed by atoms with Crippen LogP contribution in [-0.4, -0.2) is 24.9 Å². The summed E-state index contributed by atoms with van der Waals surface area (Å²) >= 11 is 1.70. The zero-order valence-electron chi connectivity index (χ0n) is 30.5.